The monoisotopic (exact) mass is 340 g/mol. The number of rotatable bonds is 6. The van der Waals surface area contributed by atoms with Crippen molar-refractivity contribution in [2.45, 2.75) is 37.2 Å². The highest BCUT2D eigenvalue weighted by Crippen LogP contribution is 2.20. The van der Waals surface area contributed by atoms with Gasteiger partial charge in [0.15, 0.2) is 0 Å². The molecule has 6 heteroatoms. The van der Waals surface area contributed by atoms with Crippen LogP contribution < -0.4 is 5.32 Å². The SMILES string of the molecule is C[C@@H](O)[C@H]1CCCN(C(=O)NCCCSc2ccc(F)cc2)C1. The van der Waals surface area contributed by atoms with Gasteiger partial charge in [0.05, 0.1) is 6.10 Å². The molecule has 1 aromatic rings. The maximum absolute atomic E-state index is 12.8. The summed E-state index contributed by atoms with van der Waals surface area (Å²) in [5.74, 6) is 0.838. The number of aliphatic hydroxyl groups excluding tert-OH is 1. The molecule has 2 N–H and O–H groups in total. The molecule has 1 aliphatic rings. The summed E-state index contributed by atoms with van der Waals surface area (Å²) in [6.07, 6.45) is 2.43. The molecule has 2 rings (SSSR count). The lowest BCUT2D eigenvalue weighted by atomic mass is 9.94. The average molecular weight is 340 g/mol. The molecule has 0 saturated carbocycles. The molecule has 1 heterocycles. The van der Waals surface area contributed by atoms with Crippen molar-refractivity contribution in [2.24, 2.45) is 5.92 Å². The predicted molar refractivity (Wildman–Crippen MR) is 91.1 cm³/mol. The standard InChI is InChI=1S/C17H25FN2O2S/c1-13(21)14-4-2-10-20(12-14)17(22)19-9-3-11-23-16-7-5-15(18)6-8-16/h5-8,13-14,21H,2-4,9-12H2,1H3,(H,19,22)/t13-,14+/m1/s1. The molecule has 0 unspecified atom stereocenters. The summed E-state index contributed by atoms with van der Waals surface area (Å²) in [5, 5.41) is 12.6. The number of amides is 2. The fourth-order valence-corrected chi connectivity index (χ4v) is 3.54. The first kappa shape index (κ1) is 18.1. The van der Waals surface area contributed by atoms with Crippen LogP contribution in [-0.4, -0.2) is 47.5 Å². The Bertz CT molecular complexity index is 496. The molecule has 23 heavy (non-hydrogen) atoms. The molecule has 0 aliphatic carbocycles. The number of halogens is 1. The number of hydrogen-bond donors (Lipinski definition) is 2. The Morgan fingerprint density at radius 1 is 1.48 bits per heavy atom. The van der Waals surface area contributed by atoms with Crippen LogP contribution in [0.1, 0.15) is 26.2 Å². The number of thioether (sulfide) groups is 1. The van der Waals surface area contributed by atoms with Crippen molar-refractivity contribution >= 4 is 17.8 Å². The van der Waals surface area contributed by atoms with E-state index >= 15 is 0 Å². The van der Waals surface area contributed by atoms with Crippen molar-refractivity contribution in [1.82, 2.24) is 10.2 Å². The minimum atomic E-state index is -0.363. The first-order chi connectivity index (χ1) is 11.1. The van der Waals surface area contributed by atoms with E-state index in [1.807, 2.05) is 0 Å². The summed E-state index contributed by atoms with van der Waals surface area (Å²) in [6.45, 7) is 3.81. The normalized spacial score (nSPS) is 19.4. The second-order valence-electron chi connectivity index (χ2n) is 5.98. The summed E-state index contributed by atoms with van der Waals surface area (Å²) in [5.41, 5.74) is 0. The van der Waals surface area contributed by atoms with Crippen molar-refractivity contribution in [1.29, 1.82) is 0 Å². The molecule has 1 aliphatic heterocycles. The van der Waals surface area contributed by atoms with Crippen molar-refractivity contribution in [3.63, 3.8) is 0 Å². The molecule has 1 aromatic carbocycles. The summed E-state index contributed by atoms with van der Waals surface area (Å²) >= 11 is 1.66. The van der Waals surface area contributed by atoms with Crippen LogP contribution in [0, 0.1) is 11.7 Å². The van der Waals surface area contributed by atoms with E-state index in [2.05, 4.69) is 5.32 Å². The van der Waals surface area contributed by atoms with Crippen LogP contribution in [0.5, 0.6) is 0 Å². The van der Waals surface area contributed by atoms with Crippen LogP contribution in [0.15, 0.2) is 29.2 Å². The Morgan fingerprint density at radius 3 is 2.91 bits per heavy atom. The number of piperidine rings is 1. The number of aliphatic hydroxyl groups is 1. The molecule has 4 nitrogen and oxygen atoms in total. The van der Waals surface area contributed by atoms with Crippen LogP contribution in [0.2, 0.25) is 0 Å². The van der Waals surface area contributed by atoms with Gasteiger partial charge in [-0.3, -0.25) is 0 Å². The maximum Gasteiger partial charge on any atom is 0.317 e. The molecular formula is C17H25FN2O2S. The molecule has 0 radical (unpaired) electrons. The zero-order chi connectivity index (χ0) is 16.7. The first-order valence-electron chi connectivity index (χ1n) is 8.15. The maximum atomic E-state index is 12.8. The molecule has 2 atom stereocenters. The summed E-state index contributed by atoms with van der Waals surface area (Å²) in [4.78, 5) is 15.0. The number of carbonyl (C=O) groups excluding carboxylic acids is 1. The van der Waals surface area contributed by atoms with Crippen LogP contribution >= 0.6 is 11.8 Å². The van der Waals surface area contributed by atoms with Crippen molar-refractivity contribution in [3.8, 4) is 0 Å². The third-order valence-electron chi connectivity index (χ3n) is 4.11. The number of urea groups is 1. The number of nitrogens with zero attached hydrogens (tertiary/aromatic N) is 1. The predicted octanol–water partition coefficient (Wildman–Crippen LogP) is 3.11. The number of hydrogen-bond acceptors (Lipinski definition) is 3. The van der Waals surface area contributed by atoms with E-state index in [0.717, 1.165) is 36.5 Å². The van der Waals surface area contributed by atoms with Gasteiger partial charge in [-0.15, -0.1) is 11.8 Å². The minimum Gasteiger partial charge on any atom is -0.393 e. The largest absolute Gasteiger partial charge is 0.393 e. The van der Waals surface area contributed by atoms with E-state index in [1.54, 1.807) is 35.7 Å². The lowest BCUT2D eigenvalue weighted by molar-refractivity contribution is 0.0740. The second kappa shape index (κ2) is 9.13. The van der Waals surface area contributed by atoms with E-state index in [-0.39, 0.29) is 23.9 Å². The smallest absolute Gasteiger partial charge is 0.317 e. The van der Waals surface area contributed by atoms with Gasteiger partial charge in [0, 0.05) is 30.4 Å². The lowest BCUT2D eigenvalue weighted by Crippen LogP contribution is -2.47. The first-order valence-corrected chi connectivity index (χ1v) is 9.14. The Kier molecular flexibility index (Phi) is 7.17. The van der Waals surface area contributed by atoms with Crippen LogP contribution in [0.3, 0.4) is 0 Å². The fraction of sp³-hybridized carbons (Fsp3) is 0.588. The topological polar surface area (TPSA) is 52.6 Å². The second-order valence-corrected chi connectivity index (χ2v) is 7.15. The van der Waals surface area contributed by atoms with Crippen LogP contribution in [0.4, 0.5) is 9.18 Å². The van der Waals surface area contributed by atoms with E-state index in [9.17, 15) is 14.3 Å². The number of carbonyl (C=O) groups is 1. The average Bonchev–Trinajstić information content (AvgIpc) is 2.56. The number of nitrogens with one attached hydrogen (secondary N) is 1. The zero-order valence-electron chi connectivity index (χ0n) is 13.5. The zero-order valence-corrected chi connectivity index (χ0v) is 14.3. The Labute approximate surface area is 141 Å². The Balaban J connectivity index is 1.62. The highest BCUT2D eigenvalue weighted by atomic mass is 32.2. The summed E-state index contributed by atoms with van der Waals surface area (Å²) < 4.78 is 12.8. The highest BCUT2D eigenvalue weighted by Gasteiger charge is 2.26. The number of likely N-dealkylation sites (tertiary alicyclic amines) is 1. The van der Waals surface area contributed by atoms with E-state index in [1.165, 1.54) is 12.1 Å². The van der Waals surface area contributed by atoms with Crippen LogP contribution in [-0.2, 0) is 0 Å². The third-order valence-corrected chi connectivity index (χ3v) is 5.21. The van der Waals surface area contributed by atoms with Gasteiger partial charge in [0.1, 0.15) is 5.82 Å². The van der Waals surface area contributed by atoms with Crippen molar-refractivity contribution in [3.05, 3.63) is 30.1 Å². The Morgan fingerprint density at radius 2 is 2.22 bits per heavy atom. The molecule has 128 valence electrons. The Hall–Kier alpha value is -1.27. The molecule has 1 fully saturated rings. The fourth-order valence-electron chi connectivity index (χ4n) is 2.69. The van der Waals surface area contributed by atoms with Gasteiger partial charge in [-0.05, 0) is 56.2 Å². The molecule has 0 spiro atoms. The molecule has 1 saturated heterocycles. The minimum absolute atomic E-state index is 0.0397. The highest BCUT2D eigenvalue weighted by molar-refractivity contribution is 7.99. The van der Waals surface area contributed by atoms with Gasteiger partial charge >= 0.3 is 6.03 Å². The van der Waals surface area contributed by atoms with E-state index in [4.69, 9.17) is 0 Å². The third kappa shape index (κ3) is 6.03. The van der Waals surface area contributed by atoms with E-state index < -0.39 is 0 Å². The van der Waals surface area contributed by atoms with Gasteiger partial charge < -0.3 is 15.3 Å². The molecule has 0 aromatic heterocycles. The van der Waals surface area contributed by atoms with Crippen molar-refractivity contribution in [2.75, 3.05) is 25.4 Å². The summed E-state index contributed by atoms with van der Waals surface area (Å²) in [7, 11) is 0. The van der Waals surface area contributed by atoms with Gasteiger partial charge in [0.25, 0.3) is 0 Å². The van der Waals surface area contributed by atoms with Gasteiger partial charge in [-0.2, -0.15) is 0 Å². The van der Waals surface area contributed by atoms with Gasteiger partial charge in [0.2, 0.25) is 0 Å². The number of benzene rings is 1. The van der Waals surface area contributed by atoms with Crippen LogP contribution in [0.25, 0.3) is 0 Å². The molecular weight excluding hydrogens is 315 g/mol. The molecule has 0 bridgehead atoms. The lowest BCUT2D eigenvalue weighted by Gasteiger charge is -2.34. The van der Waals surface area contributed by atoms with E-state index in [0.29, 0.717) is 13.1 Å². The van der Waals surface area contributed by atoms with Gasteiger partial charge in [-0.1, -0.05) is 0 Å². The van der Waals surface area contributed by atoms with Gasteiger partial charge in [-0.25, -0.2) is 9.18 Å². The summed E-state index contributed by atoms with van der Waals surface area (Å²) in [6, 6.07) is 6.41. The van der Waals surface area contributed by atoms with Crippen molar-refractivity contribution < 1.29 is 14.3 Å². The molecule has 2 amide bonds. The quantitative estimate of drug-likeness (QED) is 0.618.